The summed E-state index contributed by atoms with van der Waals surface area (Å²) in [6.45, 7) is 6.20. The first-order valence-electron chi connectivity index (χ1n) is 8.87. The minimum absolute atomic E-state index is 0.0132. The average molecular weight is 332 g/mol. The van der Waals surface area contributed by atoms with Crippen LogP contribution in [-0.2, 0) is 4.79 Å². The molecule has 0 radical (unpaired) electrons. The Morgan fingerprint density at radius 2 is 1.96 bits per heavy atom. The van der Waals surface area contributed by atoms with Crippen LogP contribution in [0.4, 0.5) is 0 Å². The van der Waals surface area contributed by atoms with Crippen molar-refractivity contribution >= 4 is 5.91 Å². The summed E-state index contributed by atoms with van der Waals surface area (Å²) >= 11 is 0. The molecule has 1 aliphatic carbocycles. The Bertz CT molecular complexity index is 570. The van der Waals surface area contributed by atoms with Crippen LogP contribution in [0.2, 0.25) is 0 Å². The van der Waals surface area contributed by atoms with Gasteiger partial charge in [-0.2, -0.15) is 0 Å². The van der Waals surface area contributed by atoms with Crippen molar-refractivity contribution in [3.8, 4) is 5.75 Å². The number of rotatable bonds is 4. The van der Waals surface area contributed by atoms with Crippen LogP contribution in [0, 0.1) is 6.92 Å². The summed E-state index contributed by atoms with van der Waals surface area (Å²) in [6.07, 6.45) is 3.64. The molecule has 1 N–H and O–H groups in total. The molecule has 1 heterocycles. The quantitative estimate of drug-likeness (QED) is 0.914. The molecule has 0 aromatic heterocycles. The van der Waals surface area contributed by atoms with Gasteiger partial charge in [0.05, 0.1) is 6.54 Å². The van der Waals surface area contributed by atoms with Crippen LogP contribution in [-0.4, -0.2) is 65.2 Å². The van der Waals surface area contributed by atoms with Gasteiger partial charge in [0.1, 0.15) is 18.0 Å². The normalized spacial score (nSPS) is 25.9. The fraction of sp³-hybridized carbons (Fsp3) is 0.632. The van der Waals surface area contributed by atoms with Crippen LogP contribution >= 0.6 is 0 Å². The van der Waals surface area contributed by atoms with Gasteiger partial charge in [-0.1, -0.05) is 24.1 Å². The van der Waals surface area contributed by atoms with Crippen molar-refractivity contribution in [2.24, 2.45) is 0 Å². The number of hydrogen-bond acceptors (Lipinski definition) is 4. The van der Waals surface area contributed by atoms with Gasteiger partial charge in [0, 0.05) is 32.6 Å². The van der Waals surface area contributed by atoms with Gasteiger partial charge < -0.3 is 14.7 Å². The Hall–Kier alpha value is -1.59. The molecule has 1 aromatic carbocycles. The van der Waals surface area contributed by atoms with E-state index in [1.54, 1.807) is 11.8 Å². The highest BCUT2D eigenvalue weighted by molar-refractivity contribution is 5.73. The summed E-state index contributed by atoms with van der Waals surface area (Å²) in [4.78, 5) is 16.0. The molecule has 1 unspecified atom stereocenters. The molecule has 0 bridgehead atoms. The summed E-state index contributed by atoms with van der Waals surface area (Å²) < 4.78 is 5.85. The summed E-state index contributed by atoms with van der Waals surface area (Å²) in [5, 5.41) is 11.2. The van der Waals surface area contributed by atoms with Gasteiger partial charge in [0.2, 0.25) is 5.91 Å². The van der Waals surface area contributed by atoms with Crippen LogP contribution < -0.4 is 4.74 Å². The van der Waals surface area contributed by atoms with Crippen molar-refractivity contribution in [2.75, 3.05) is 32.8 Å². The largest absolute Gasteiger partial charge is 0.490 e. The molecule has 3 rings (SSSR count). The number of β-amino-alcohol motifs (C(OH)–C–C–N with tert-alkyl or cyclic N) is 1. The number of amides is 1. The van der Waals surface area contributed by atoms with E-state index in [4.69, 9.17) is 4.74 Å². The Morgan fingerprint density at radius 1 is 1.25 bits per heavy atom. The molecule has 1 amide bonds. The Kier molecular flexibility index (Phi) is 5.11. The molecule has 1 saturated carbocycles. The number of aliphatic hydroxyl groups is 1. The van der Waals surface area contributed by atoms with Gasteiger partial charge >= 0.3 is 0 Å². The molecule has 2 aliphatic rings. The number of aryl methyl sites for hydroxylation is 1. The molecular formula is C19H28N2O3. The molecular weight excluding hydrogens is 304 g/mol. The van der Waals surface area contributed by atoms with Gasteiger partial charge in [-0.05, 0) is 31.9 Å². The Balaban J connectivity index is 1.69. The number of hydrogen-bond donors (Lipinski definition) is 1. The predicted octanol–water partition coefficient (Wildman–Crippen LogP) is 1.82. The third kappa shape index (κ3) is 4.08. The number of carbonyl (C=O) groups is 1. The third-order valence-corrected chi connectivity index (χ3v) is 5.20. The third-order valence-electron chi connectivity index (χ3n) is 5.20. The van der Waals surface area contributed by atoms with E-state index < -0.39 is 5.60 Å². The topological polar surface area (TPSA) is 53.0 Å². The lowest BCUT2D eigenvalue weighted by atomic mass is 9.90. The van der Waals surface area contributed by atoms with Crippen LogP contribution in [0.1, 0.15) is 31.7 Å². The van der Waals surface area contributed by atoms with E-state index in [-0.39, 0.29) is 12.5 Å². The molecule has 5 heteroatoms. The van der Waals surface area contributed by atoms with Gasteiger partial charge in [-0.3, -0.25) is 9.69 Å². The first-order valence-corrected chi connectivity index (χ1v) is 8.87. The van der Waals surface area contributed by atoms with Crippen molar-refractivity contribution in [3.63, 3.8) is 0 Å². The van der Waals surface area contributed by atoms with Crippen LogP contribution in [0.5, 0.6) is 5.75 Å². The van der Waals surface area contributed by atoms with E-state index >= 15 is 0 Å². The molecule has 132 valence electrons. The molecule has 0 spiro atoms. The molecule has 1 saturated heterocycles. The zero-order valence-corrected chi connectivity index (χ0v) is 14.7. The minimum atomic E-state index is -1.04. The number of nitrogens with zero attached hydrogens (tertiary/aromatic N) is 2. The summed E-state index contributed by atoms with van der Waals surface area (Å²) in [5.41, 5.74) is 0.136. The first-order chi connectivity index (χ1) is 11.5. The highest BCUT2D eigenvalue weighted by Crippen LogP contribution is 2.28. The maximum absolute atomic E-state index is 11.9. The molecule has 1 aliphatic heterocycles. The minimum Gasteiger partial charge on any atom is -0.490 e. The predicted molar refractivity (Wildman–Crippen MR) is 93.1 cm³/mol. The molecule has 5 nitrogen and oxygen atoms in total. The number of ether oxygens (including phenoxy) is 1. The molecule has 24 heavy (non-hydrogen) atoms. The molecule has 1 aromatic rings. The highest BCUT2D eigenvalue weighted by Gasteiger charge is 2.39. The Morgan fingerprint density at radius 3 is 2.54 bits per heavy atom. The van der Waals surface area contributed by atoms with Crippen molar-refractivity contribution in [3.05, 3.63) is 29.8 Å². The highest BCUT2D eigenvalue weighted by atomic mass is 16.5. The van der Waals surface area contributed by atoms with Gasteiger partial charge in [-0.15, -0.1) is 0 Å². The van der Waals surface area contributed by atoms with Crippen molar-refractivity contribution < 1.29 is 14.6 Å². The van der Waals surface area contributed by atoms with E-state index in [9.17, 15) is 9.90 Å². The van der Waals surface area contributed by atoms with Gasteiger partial charge in [0.25, 0.3) is 0 Å². The lowest BCUT2D eigenvalue weighted by Crippen LogP contribution is -2.54. The zero-order valence-electron chi connectivity index (χ0n) is 14.7. The van der Waals surface area contributed by atoms with Crippen LogP contribution in [0.25, 0.3) is 0 Å². The maximum Gasteiger partial charge on any atom is 0.219 e. The van der Waals surface area contributed by atoms with Crippen LogP contribution in [0.15, 0.2) is 24.3 Å². The van der Waals surface area contributed by atoms with Gasteiger partial charge in [-0.25, -0.2) is 0 Å². The molecule has 2 fully saturated rings. The fourth-order valence-electron chi connectivity index (χ4n) is 3.47. The summed E-state index contributed by atoms with van der Waals surface area (Å²) in [6, 6.07) is 8.37. The number of benzene rings is 1. The molecule has 1 atom stereocenters. The lowest BCUT2D eigenvalue weighted by molar-refractivity contribution is -0.132. The second kappa shape index (κ2) is 7.11. The van der Waals surface area contributed by atoms with Gasteiger partial charge in [0.15, 0.2) is 0 Å². The van der Waals surface area contributed by atoms with E-state index in [1.165, 1.54) is 24.8 Å². The second-order valence-electron chi connectivity index (χ2n) is 7.32. The number of carbonyl (C=O) groups excluding carboxylic acids is 1. The second-order valence-corrected chi connectivity index (χ2v) is 7.32. The SMILES string of the molecule is CC(=O)N1CCN(C2CCC2)CC(O)(COc2ccc(C)cc2)C1. The average Bonchev–Trinajstić information content (AvgIpc) is 2.65. The summed E-state index contributed by atoms with van der Waals surface area (Å²) in [7, 11) is 0. The Labute approximate surface area is 144 Å². The van der Waals surface area contributed by atoms with Crippen LogP contribution in [0.3, 0.4) is 0 Å². The first kappa shape index (κ1) is 17.2. The van der Waals surface area contributed by atoms with E-state index in [0.717, 1.165) is 12.3 Å². The summed E-state index contributed by atoms with van der Waals surface area (Å²) in [5.74, 6) is 0.766. The van der Waals surface area contributed by atoms with Crippen molar-refractivity contribution in [1.29, 1.82) is 0 Å². The maximum atomic E-state index is 11.9. The fourth-order valence-corrected chi connectivity index (χ4v) is 3.47. The standard InChI is InChI=1S/C19H28N2O3/c1-15-6-8-18(9-7-15)24-14-19(23)12-20(16(2)22)10-11-21(13-19)17-4-3-5-17/h6-9,17,23H,3-5,10-14H2,1-2H3. The lowest BCUT2D eigenvalue weighted by Gasteiger charge is -2.40. The van der Waals surface area contributed by atoms with E-state index in [1.807, 2.05) is 31.2 Å². The zero-order chi connectivity index (χ0) is 17.2. The van der Waals surface area contributed by atoms with Crippen molar-refractivity contribution in [2.45, 2.75) is 44.8 Å². The van der Waals surface area contributed by atoms with E-state index in [2.05, 4.69) is 4.90 Å². The van der Waals surface area contributed by atoms with Crippen molar-refractivity contribution in [1.82, 2.24) is 9.80 Å². The van der Waals surface area contributed by atoms with E-state index in [0.29, 0.717) is 25.7 Å². The monoisotopic (exact) mass is 332 g/mol. The smallest absolute Gasteiger partial charge is 0.219 e.